The van der Waals surface area contributed by atoms with Gasteiger partial charge in [0.15, 0.2) is 5.82 Å². The van der Waals surface area contributed by atoms with Crippen molar-refractivity contribution in [3.8, 4) is 0 Å². The molecule has 1 aromatic carbocycles. The number of alkyl carbamates (subject to hydrolysis) is 1. The van der Waals surface area contributed by atoms with E-state index in [1.165, 1.54) is 12.8 Å². The molecule has 0 unspecified atom stereocenters. The second-order valence-corrected chi connectivity index (χ2v) is 9.94. The quantitative estimate of drug-likeness (QED) is 0.680. The molecule has 2 N–H and O–H groups in total. The first kappa shape index (κ1) is 23.8. The first-order chi connectivity index (χ1) is 15.0. The van der Waals surface area contributed by atoms with Crippen molar-refractivity contribution in [1.82, 2.24) is 19.8 Å². The topological polar surface area (TPSA) is 88.5 Å². The lowest BCUT2D eigenvalue weighted by atomic mass is 10.1. The highest BCUT2D eigenvalue weighted by atomic mass is 16.6. The number of imidazole rings is 1. The molecule has 1 aromatic heterocycles. The zero-order valence-corrected chi connectivity index (χ0v) is 19.7. The fraction of sp³-hybridized carbons (Fsp3) is 0.542. The Hall–Kier alpha value is -2.87. The van der Waals surface area contributed by atoms with E-state index < -0.39 is 17.7 Å². The molecule has 2 amide bonds. The Kier molecular flexibility index (Phi) is 7.23. The lowest BCUT2D eigenvalue weighted by molar-refractivity contribution is -0.118. The molecule has 0 saturated carbocycles. The molecule has 1 aliphatic heterocycles. The Morgan fingerprint density at radius 3 is 2.38 bits per heavy atom. The number of amides is 2. The number of nitrogens with one attached hydrogen (secondary N) is 2. The van der Waals surface area contributed by atoms with Crippen LogP contribution in [0.2, 0.25) is 0 Å². The number of benzene rings is 1. The van der Waals surface area contributed by atoms with Gasteiger partial charge in [-0.15, -0.1) is 0 Å². The van der Waals surface area contributed by atoms with Crippen molar-refractivity contribution < 1.29 is 14.3 Å². The molecule has 0 radical (unpaired) electrons. The maximum atomic E-state index is 13.1. The second-order valence-electron chi connectivity index (χ2n) is 9.94. The fourth-order valence-corrected chi connectivity index (χ4v) is 3.86. The van der Waals surface area contributed by atoms with Crippen LogP contribution in [0.1, 0.15) is 59.1 Å². The van der Waals surface area contributed by atoms with E-state index in [0.717, 1.165) is 19.6 Å². The molecule has 2 heterocycles. The van der Waals surface area contributed by atoms with Crippen molar-refractivity contribution in [1.29, 1.82) is 0 Å². The van der Waals surface area contributed by atoms with Crippen LogP contribution in [0.5, 0.6) is 0 Å². The van der Waals surface area contributed by atoms with Crippen molar-refractivity contribution in [2.24, 2.45) is 0 Å². The standard InChI is InChI=1S/C24H35N5O3/c1-23(2,3)32-22(31)27-20(18-11-7-6-8-12-18)21(30)26-19-15-29(17-25-19)24(4,5)16-28-13-9-10-14-28/h6-8,11-12,15,17,20H,9-10,13-14,16H2,1-5H3,(H,26,30)(H,27,31)/t20-/m0/s1. The summed E-state index contributed by atoms with van der Waals surface area (Å²) < 4.78 is 7.38. The van der Waals surface area contributed by atoms with E-state index in [9.17, 15) is 9.59 Å². The summed E-state index contributed by atoms with van der Waals surface area (Å²) in [5, 5.41) is 5.52. The number of anilines is 1. The summed E-state index contributed by atoms with van der Waals surface area (Å²) in [6, 6.07) is 8.17. The van der Waals surface area contributed by atoms with E-state index in [1.807, 2.05) is 29.0 Å². The van der Waals surface area contributed by atoms with Crippen LogP contribution < -0.4 is 10.6 Å². The minimum atomic E-state index is -0.909. The van der Waals surface area contributed by atoms with Crippen molar-refractivity contribution in [3.63, 3.8) is 0 Å². The van der Waals surface area contributed by atoms with E-state index in [-0.39, 0.29) is 11.4 Å². The third kappa shape index (κ3) is 6.56. The lowest BCUT2D eigenvalue weighted by Crippen LogP contribution is -2.40. The van der Waals surface area contributed by atoms with Crippen LogP contribution in [0.15, 0.2) is 42.9 Å². The Bertz CT molecular complexity index is 911. The van der Waals surface area contributed by atoms with Crippen LogP contribution in [0.25, 0.3) is 0 Å². The van der Waals surface area contributed by atoms with Gasteiger partial charge in [0.1, 0.15) is 11.6 Å². The lowest BCUT2D eigenvalue weighted by Gasteiger charge is -2.31. The summed E-state index contributed by atoms with van der Waals surface area (Å²) in [5.41, 5.74) is -0.167. The molecule has 1 fully saturated rings. The molecule has 1 aliphatic rings. The molecule has 174 valence electrons. The number of nitrogens with zero attached hydrogens (tertiary/aromatic N) is 3. The SMILES string of the molecule is CC(C)(C)OC(=O)N[C@H](C(=O)Nc1cn(C(C)(C)CN2CCCC2)cn1)c1ccccc1. The van der Waals surface area contributed by atoms with Crippen LogP contribution in [-0.4, -0.2) is 51.7 Å². The van der Waals surface area contributed by atoms with Gasteiger partial charge in [0, 0.05) is 12.7 Å². The molecule has 3 rings (SSSR count). The average Bonchev–Trinajstić information content (AvgIpc) is 3.37. The van der Waals surface area contributed by atoms with Gasteiger partial charge in [-0.2, -0.15) is 0 Å². The van der Waals surface area contributed by atoms with Gasteiger partial charge < -0.3 is 24.8 Å². The van der Waals surface area contributed by atoms with Gasteiger partial charge >= 0.3 is 6.09 Å². The normalized spacial score (nSPS) is 15.9. The van der Waals surface area contributed by atoms with E-state index in [1.54, 1.807) is 39.2 Å². The monoisotopic (exact) mass is 441 g/mol. The summed E-state index contributed by atoms with van der Waals surface area (Å²) >= 11 is 0. The molecular weight excluding hydrogens is 406 g/mol. The zero-order chi connectivity index (χ0) is 23.4. The van der Waals surface area contributed by atoms with E-state index >= 15 is 0 Å². The summed E-state index contributed by atoms with van der Waals surface area (Å²) in [6.45, 7) is 12.8. The third-order valence-electron chi connectivity index (χ3n) is 5.40. The molecule has 0 spiro atoms. The van der Waals surface area contributed by atoms with Gasteiger partial charge in [-0.3, -0.25) is 4.79 Å². The number of rotatable bonds is 7. The van der Waals surface area contributed by atoms with Crippen LogP contribution >= 0.6 is 0 Å². The molecular formula is C24H35N5O3. The van der Waals surface area contributed by atoms with Crippen LogP contribution in [0.4, 0.5) is 10.6 Å². The molecule has 2 aromatic rings. The minimum Gasteiger partial charge on any atom is -0.444 e. The highest BCUT2D eigenvalue weighted by Gasteiger charge is 2.28. The van der Waals surface area contributed by atoms with Crippen molar-refractivity contribution in [3.05, 3.63) is 48.4 Å². The number of carbonyl (C=O) groups is 2. The van der Waals surface area contributed by atoms with Crippen molar-refractivity contribution in [2.45, 2.75) is 64.6 Å². The van der Waals surface area contributed by atoms with Gasteiger partial charge in [0.25, 0.3) is 5.91 Å². The Morgan fingerprint density at radius 1 is 1.09 bits per heavy atom. The largest absolute Gasteiger partial charge is 0.444 e. The predicted octanol–water partition coefficient (Wildman–Crippen LogP) is 3.92. The van der Waals surface area contributed by atoms with E-state index in [2.05, 4.69) is 34.4 Å². The number of hydrogen-bond acceptors (Lipinski definition) is 5. The Labute approximate surface area is 190 Å². The molecule has 1 atom stereocenters. The van der Waals surface area contributed by atoms with Gasteiger partial charge in [-0.1, -0.05) is 30.3 Å². The summed E-state index contributed by atoms with van der Waals surface area (Å²) in [7, 11) is 0. The minimum absolute atomic E-state index is 0.159. The summed E-state index contributed by atoms with van der Waals surface area (Å²) in [4.78, 5) is 32.3. The van der Waals surface area contributed by atoms with Crippen molar-refractivity contribution >= 4 is 17.8 Å². The maximum Gasteiger partial charge on any atom is 0.408 e. The molecule has 32 heavy (non-hydrogen) atoms. The zero-order valence-electron chi connectivity index (χ0n) is 19.7. The number of aromatic nitrogens is 2. The van der Waals surface area contributed by atoms with Crippen LogP contribution in [0.3, 0.4) is 0 Å². The Morgan fingerprint density at radius 2 is 1.75 bits per heavy atom. The number of ether oxygens (including phenoxy) is 1. The van der Waals surface area contributed by atoms with E-state index in [0.29, 0.717) is 11.4 Å². The number of carbonyl (C=O) groups excluding carboxylic acids is 2. The van der Waals surface area contributed by atoms with Gasteiger partial charge in [-0.05, 0) is 66.1 Å². The average molecular weight is 442 g/mol. The van der Waals surface area contributed by atoms with E-state index in [4.69, 9.17) is 4.74 Å². The predicted molar refractivity (Wildman–Crippen MR) is 124 cm³/mol. The Balaban J connectivity index is 1.71. The molecule has 1 saturated heterocycles. The molecule has 8 nitrogen and oxygen atoms in total. The van der Waals surface area contributed by atoms with Gasteiger partial charge in [0.05, 0.1) is 11.9 Å². The maximum absolute atomic E-state index is 13.1. The second kappa shape index (κ2) is 9.73. The van der Waals surface area contributed by atoms with Gasteiger partial charge in [-0.25, -0.2) is 9.78 Å². The molecule has 8 heteroatoms. The first-order valence-electron chi connectivity index (χ1n) is 11.2. The summed E-state index contributed by atoms with van der Waals surface area (Å²) in [5.74, 6) is 0.0566. The van der Waals surface area contributed by atoms with Gasteiger partial charge in [0.2, 0.25) is 0 Å². The molecule has 0 bridgehead atoms. The number of hydrogen-bond donors (Lipinski definition) is 2. The molecule has 0 aliphatic carbocycles. The first-order valence-corrected chi connectivity index (χ1v) is 11.2. The van der Waals surface area contributed by atoms with Crippen molar-refractivity contribution in [2.75, 3.05) is 25.0 Å². The number of likely N-dealkylation sites (tertiary alicyclic amines) is 1. The summed E-state index contributed by atoms with van der Waals surface area (Å²) in [6.07, 6.45) is 5.41. The highest BCUT2D eigenvalue weighted by molar-refractivity contribution is 5.96. The smallest absolute Gasteiger partial charge is 0.408 e. The highest BCUT2D eigenvalue weighted by Crippen LogP contribution is 2.22. The van der Waals surface area contributed by atoms with Crippen LogP contribution in [0, 0.1) is 0 Å². The fourth-order valence-electron chi connectivity index (χ4n) is 3.86. The third-order valence-corrected chi connectivity index (χ3v) is 5.40. The van der Waals surface area contributed by atoms with Crippen LogP contribution in [-0.2, 0) is 15.1 Å².